The Bertz CT molecular complexity index is 272. The number of aliphatic hydroxyl groups excluding tert-OH is 1. The molecule has 5 heteroatoms. The molecule has 0 aromatic carbocycles. The number of amides is 1. The summed E-state index contributed by atoms with van der Waals surface area (Å²) in [5.74, 6) is 0.603. The molecule has 1 unspecified atom stereocenters. The van der Waals surface area contributed by atoms with Crippen molar-refractivity contribution in [3.63, 3.8) is 0 Å². The molecular formula is C13H25ClN2O2. The first-order chi connectivity index (χ1) is 8.14. The van der Waals surface area contributed by atoms with Crippen molar-refractivity contribution < 1.29 is 9.90 Å². The van der Waals surface area contributed by atoms with Gasteiger partial charge in [-0.2, -0.15) is 0 Å². The van der Waals surface area contributed by atoms with Crippen LogP contribution in [0.15, 0.2) is 0 Å². The van der Waals surface area contributed by atoms with Crippen molar-refractivity contribution in [3.05, 3.63) is 0 Å². The minimum absolute atomic E-state index is 0. The van der Waals surface area contributed by atoms with Gasteiger partial charge in [0.2, 0.25) is 5.91 Å². The molecule has 1 aliphatic carbocycles. The van der Waals surface area contributed by atoms with Gasteiger partial charge in [0.25, 0.3) is 0 Å². The number of rotatable bonds is 3. The lowest BCUT2D eigenvalue weighted by molar-refractivity contribution is -0.127. The maximum atomic E-state index is 12.2. The smallest absolute Gasteiger partial charge is 0.240 e. The van der Waals surface area contributed by atoms with Crippen LogP contribution in [0.25, 0.3) is 0 Å². The highest BCUT2D eigenvalue weighted by Gasteiger charge is 2.37. The second-order valence-electron chi connectivity index (χ2n) is 5.74. The molecule has 18 heavy (non-hydrogen) atoms. The van der Waals surface area contributed by atoms with E-state index in [1.807, 2.05) is 6.92 Å². The molecule has 0 spiro atoms. The molecule has 2 aliphatic rings. The van der Waals surface area contributed by atoms with Crippen LogP contribution in [0.5, 0.6) is 0 Å². The summed E-state index contributed by atoms with van der Waals surface area (Å²) in [7, 11) is 0. The highest BCUT2D eigenvalue weighted by molar-refractivity contribution is 5.86. The topological polar surface area (TPSA) is 61.4 Å². The Hall–Kier alpha value is -0.320. The fraction of sp³-hybridized carbons (Fsp3) is 0.923. The van der Waals surface area contributed by atoms with Gasteiger partial charge in [-0.15, -0.1) is 12.4 Å². The third kappa shape index (κ3) is 3.59. The fourth-order valence-corrected chi connectivity index (χ4v) is 2.92. The zero-order valence-electron chi connectivity index (χ0n) is 11.1. The molecule has 1 heterocycles. The number of aliphatic hydroxyl groups is 1. The van der Waals surface area contributed by atoms with Crippen LogP contribution >= 0.6 is 12.4 Å². The van der Waals surface area contributed by atoms with Crippen LogP contribution in [0.4, 0.5) is 0 Å². The number of carbonyl (C=O) groups is 1. The minimum Gasteiger partial charge on any atom is -0.396 e. The Balaban J connectivity index is 0.00000162. The van der Waals surface area contributed by atoms with Crippen molar-refractivity contribution in [2.75, 3.05) is 13.2 Å². The number of nitrogens with one attached hydrogen (secondary N) is 2. The Morgan fingerprint density at radius 3 is 2.56 bits per heavy atom. The van der Waals surface area contributed by atoms with Gasteiger partial charge in [0.15, 0.2) is 0 Å². The number of carbonyl (C=O) groups excluding carboxylic acids is 1. The molecule has 1 saturated carbocycles. The van der Waals surface area contributed by atoms with Gasteiger partial charge in [0, 0.05) is 12.6 Å². The molecule has 2 fully saturated rings. The van der Waals surface area contributed by atoms with Crippen molar-refractivity contribution >= 4 is 18.3 Å². The highest BCUT2D eigenvalue weighted by atomic mass is 35.5. The van der Waals surface area contributed by atoms with Gasteiger partial charge in [-0.05, 0) is 57.9 Å². The monoisotopic (exact) mass is 276 g/mol. The number of hydrogen-bond donors (Lipinski definition) is 3. The van der Waals surface area contributed by atoms with Gasteiger partial charge >= 0.3 is 0 Å². The van der Waals surface area contributed by atoms with Crippen LogP contribution < -0.4 is 10.6 Å². The maximum absolute atomic E-state index is 12.2. The van der Waals surface area contributed by atoms with E-state index in [4.69, 9.17) is 5.11 Å². The molecule has 0 bridgehead atoms. The van der Waals surface area contributed by atoms with E-state index in [2.05, 4.69) is 10.6 Å². The molecule has 106 valence electrons. The van der Waals surface area contributed by atoms with E-state index < -0.39 is 0 Å². The SMILES string of the molecule is CC1(C(=O)NC2CCC(CO)CC2)CCCN1.Cl. The Morgan fingerprint density at radius 1 is 1.39 bits per heavy atom. The summed E-state index contributed by atoms with van der Waals surface area (Å²) in [6, 6.07) is 0.310. The molecule has 1 atom stereocenters. The molecule has 4 nitrogen and oxygen atoms in total. The molecule has 0 aromatic rings. The summed E-state index contributed by atoms with van der Waals surface area (Å²) < 4.78 is 0. The summed E-state index contributed by atoms with van der Waals surface area (Å²) in [5.41, 5.74) is -0.353. The average molecular weight is 277 g/mol. The minimum atomic E-state index is -0.353. The summed E-state index contributed by atoms with van der Waals surface area (Å²) in [4.78, 5) is 12.2. The van der Waals surface area contributed by atoms with Crippen molar-refractivity contribution in [2.45, 2.75) is 57.0 Å². The summed E-state index contributed by atoms with van der Waals surface area (Å²) in [6.45, 7) is 3.23. The van der Waals surface area contributed by atoms with E-state index in [0.717, 1.165) is 45.1 Å². The largest absolute Gasteiger partial charge is 0.396 e. The molecule has 1 saturated heterocycles. The second kappa shape index (κ2) is 6.73. The van der Waals surface area contributed by atoms with Gasteiger partial charge in [-0.25, -0.2) is 0 Å². The Morgan fingerprint density at radius 2 is 2.06 bits per heavy atom. The van der Waals surface area contributed by atoms with Gasteiger partial charge in [-0.1, -0.05) is 0 Å². The zero-order valence-corrected chi connectivity index (χ0v) is 11.9. The van der Waals surface area contributed by atoms with Crippen molar-refractivity contribution in [1.82, 2.24) is 10.6 Å². The van der Waals surface area contributed by atoms with E-state index in [1.54, 1.807) is 0 Å². The van der Waals surface area contributed by atoms with Crippen LogP contribution in [0.1, 0.15) is 45.4 Å². The lowest BCUT2D eigenvalue weighted by Crippen LogP contribution is -2.54. The third-order valence-electron chi connectivity index (χ3n) is 4.31. The van der Waals surface area contributed by atoms with Crippen LogP contribution in [0.2, 0.25) is 0 Å². The van der Waals surface area contributed by atoms with Crippen LogP contribution in [0, 0.1) is 5.92 Å². The molecule has 0 aromatic heterocycles. The summed E-state index contributed by atoms with van der Waals surface area (Å²) in [5, 5.41) is 15.5. The number of halogens is 1. The third-order valence-corrected chi connectivity index (χ3v) is 4.31. The summed E-state index contributed by atoms with van der Waals surface area (Å²) in [6.07, 6.45) is 6.10. The average Bonchev–Trinajstić information content (AvgIpc) is 2.78. The Kier molecular flexibility index (Phi) is 5.89. The predicted octanol–water partition coefficient (Wildman–Crippen LogP) is 1.22. The van der Waals surface area contributed by atoms with E-state index >= 15 is 0 Å². The highest BCUT2D eigenvalue weighted by Crippen LogP contribution is 2.25. The maximum Gasteiger partial charge on any atom is 0.240 e. The number of hydrogen-bond acceptors (Lipinski definition) is 3. The summed E-state index contributed by atoms with van der Waals surface area (Å²) >= 11 is 0. The molecule has 1 amide bonds. The van der Waals surface area contributed by atoms with Crippen LogP contribution in [0.3, 0.4) is 0 Å². The van der Waals surface area contributed by atoms with Gasteiger partial charge in [0.1, 0.15) is 0 Å². The standard InChI is InChI=1S/C13H24N2O2.ClH/c1-13(7-2-8-14-13)12(17)15-11-5-3-10(9-16)4-6-11;/h10-11,14,16H,2-9H2,1H3,(H,15,17);1H. The zero-order chi connectivity index (χ0) is 12.3. The molecular weight excluding hydrogens is 252 g/mol. The predicted molar refractivity (Wildman–Crippen MR) is 73.9 cm³/mol. The van der Waals surface area contributed by atoms with Crippen molar-refractivity contribution in [2.24, 2.45) is 5.92 Å². The van der Waals surface area contributed by atoms with Crippen LogP contribution in [-0.4, -0.2) is 35.7 Å². The quantitative estimate of drug-likeness (QED) is 0.726. The van der Waals surface area contributed by atoms with E-state index in [0.29, 0.717) is 18.6 Å². The van der Waals surface area contributed by atoms with Crippen LogP contribution in [-0.2, 0) is 4.79 Å². The van der Waals surface area contributed by atoms with Gasteiger partial charge < -0.3 is 15.7 Å². The fourth-order valence-electron chi connectivity index (χ4n) is 2.92. The Labute approximate surface area is 115 Å². The molecule has 3 N–H and O–H groups in total. The van der Waals surface area contributed by atoms with Crippen molar-refractivity contribution in [3.8, 4) is 0 Å². The molecule has 0 radical (unpaired) electrons. The van der Waals surface area contributed by atoms with Crippen molar-refractivity contribution in [1.29, 1.82) is 0 Å². The molecule has 1 aliphatic heterocycles. The lowest BCUT2D eigenvalue weighted by Gasteiger charge is -2.31. The van der Waals surface area contributed by atoms with E-state index in [1.165, 1.54) is 0 Å². The first-order valence-electron chi connectivity index (χ1n) is 6.81. The first kappa shape index (κ1) is 15.7. The van der Waals surface area contributed by atoms with E-state index in [-0.39, 0.29) is 23.9 Å². The lowest BCUT2D eigenvalue weighted by atomic mass is 9.86. The normalized spacial score (nSPS) is 35.9. The first-order valence-corrected chi connectivity index (χ1v) is 6.81. The van der Waals surface area contributed by atoms with Gasteiger partial charge in [-0.3, -0.25) is 4.79 Å². The van der Waals surface area contributed by atoms with E-state index in [9.17, 15) is 4.79 Å². The van der Waals surface area contributed by atoms with Gasteiger partial charge in [0.05, 0.1) is 5.54 Å². The molecule has 2 rings (SSSR count). The second-order valence-corrected chi connectivity index (χ2v) is 5.74.